The van der Waals surface area contributed by atoms with Crippen LogP contribution in [0.1, 0.15) is 0 Å². The number of carboxylic acid groups (broad SMARTS) is 1. The molecule has 1 aromatic heterocycles. The third-order valence-corrected chi connectivity index (χ3v) is 0.706. The molecule has 1 heterocycles. The molecular formula is C6H8N2O2. The highest BCUT2D eigenvalue weighted by atomic mass is 16.3. The van der Waals surface area contributed by atoms with Gasteiger partial charge in [0.1, 0.15) is 0 Å². The zero-order valence-electron chi connectivity index (χ0n) is 5.27. The Balaban J connectivity index is 0.000000236. The Morgan fingerprint density at radius 2 is 1.90 bits per heavy atom. The Hall–Kier alpha value is -1.58. The van der Waals surface area contributed by atoms with Gasteiger partial charge in [-0.3, -0.25) is 9.78 Å². The Kier molecular flexibility index (Phi) is 4.68. The Morgan fingerprint density at radius 3 is 2.10 bits per heavy atom. The van der Waals surface area contributed by atoms with Gasteiger partial charge in [-0.2, -0.15) is 0 Å². The third-order valence-electron chi connectivity index (χ3n) is 0.706. The topological polar surface area (TPSA) is 76.2 Å². The van der Waals surface area contributed by atoms with Crippen LogP contribution >= 0.6 is 0 Å². The number of anilines is 1. The van der Waals surface area contributed by atoms with Crippen molar-refractivity contribution in [2.45, 2.75) is 0 Å². The molecule has 4 heteroatoms. The normalized spacial score (nSPS) is 7.20. The number of hydrogen-bond donors (Lipinski definition) is 2. The zero-order valence-corrected chi connectivity index (χ0v) is 5.27. The van der Waals surface area contributed by atoms with Gasteiger partial charge in [-0.25, -0.2) is 0 Å². The first kappa shape index (κ1) is 8.42. The number of nitrogen functional groups attached to an aromatic ring is 1. The second-order valence-corrected chi connectivity index (χ2v) is 1.39. The summed E-state index contributed by atoms with van der Waals surface area (Å²) in [6.07, 6.45) is 3.32. The van der Waals surface area contributed by atoms with Gasteiger partial charge < -0.3 is 10.8 Å². The van der Waals surface area contributed by atoms with E-state index >= 15 is 0 Å². The van der Waals surface area contributed by atoms with Crippen LogP contribution in [0.4, 0.5) is 5.69 Å². The lowest BCUT2D eigenvalue weighted by atomic mass is 10.4. The van der Waals surface area contributed by atoms with E-state index < -0.39 is 0 Å². The van der Waals surface area contributed by atoms with Crippen LogP contribution in [0.15, 0.2) is 24.5 Å². The summed E-state index contributed by atoms with van der Waals surface area (Å²) in [5.74, 6) is 0. The Morgan fingerprint density at radius 1 is 1.50 bits per heavy atom. The molecule has 0 aliphatic heterocycles. The standard InChI is InChI=1S/C5H6N2.CH2O2/c6-5-1-3-7-4-2-5;2-1-3/h1-4H,(H2,6,7);1H,(H,2,3). The fourth-order valence-electron chi connectivity index (χ4n) is 0.363. The summed E-state index contributed by atoms with van der Waals surface area (Å²) in [6, 6.07) is 3.50. The second kappa shape index (κ2) is 5.55. The lowest BCUT2D eigenvalue weighted by Crippen LogP contribution is -1.81. The van der Waals surface area contributed by atoms with E-state index in [4.69, 9.17) is 15.6 Å². The highest BCUT2D eigenvalue weighted by Crippen LogP contribution is 1.92. The highest BCUT2D eigenvalue weighted by molar-refractivity contribution is 5.33. The van der Waals surface area contributed by atoms with Crippen molar-refractivity contribution < 1.29 is 9.90 Å². The predicted octanol–water partition coefficient (Wildman–Crippen LogP) is 0.365. The van der Waals surface area contributed by atoms with Crippen LogP contribution in [0.2, 0.25) is 0 Å². The van der Waals surface area contributed by atoms with Crippen LogP contribution in [0.3, 0.4) is 0 Å². The molecule has 0 aliphatic carbocycles. The van der Waals surface area contributed by atoms with Gasteiger partial charge in [0.25, 0.3) is 6.47 Å². The number of pyridine rings is 1. The first-order valence-corrected chi connectivity index (χ1v) is 2.54. The lowest BCUT2D eigenvalue weighted by Gasteiger charge is -1.83. The van der Waals surface area contributed by atoms with E-state index in [1.165, 1.54) is 0 Å². The molecule has 0 aromatic carbocycles. The van der Waals surface area contributed by atoms with Crippen molar-refractivity contribution in [1.82, 2.24) is 4.98 Å². The number of aromatic nitrogens is 1. The maximum atomic E-state index is 8.36. The fraction of sp³-hybridized carbons (Fsp3) is 0. The molecule has 0 fully saturated rings. The molecule has 0 aliphatic rings. The molecule has 0 bridgehead atoms. The van der Waals surface area contributed by atoms with Crippen molar-refractivity contribution in [2.75, 3.05) is 5.73 Å². The second-order valence-electron chi connectivity index (χ2n) is 1.39. The monoisotopic (exact) mass is 140 g/mol. The van der Waals surface area contributed by atoms with Crippen LogP contribution in [0, 0.1) is 0 Å². The Bertz CT molecular complexity index is 176. The van der Waals surface area contributed by atoms with Crippen molar-refractivity contribution >= 4 is 12.2 Å². The highest BCUT2D eigenvalue weighted by Gasteiger charge is 1.73. The van der Waals surface area contributed by atoms with Gasteiger partial charge in [-0.15, -0.1) is 0 Å². The number of nitrogens with zero attached hydrogens (tertiary/aromatic N) is 1. The summed E-state index contributed by atoms with van der Waals surface area (Å²) in [5.41, 5.74) is 6.08. The zero-order chi connectivity index (χ0) is 7.82. The number of rotatable bonds is 0. The summed E-state index contributed by atoms with van der Waals surface area (Å²) in [7, 11) is 0. The van der Waals surface area contributed by atoms with E-state index in [0.29, 0.717) is 0 Å². The van der Waals surface area contributed by atoms with Crippen molar-refractivity contribution in [2.24, 2.45) is 0 Å². The summed E-state index contributed by atoms with van der Waals surface area (Å²) >= 11 is 0. The molecule has 1 aromatic rings. The van der Waals surface area contributed by atoms with E-state index in [9.17, 15) is 0 Å². The molecule has 3 N–H and O–H groups in total. The molecule has 0 unspecified atom stereocenters. The molecule has 4 nitrogen and oxygen atoms in total. The lowest BCUT2D eigenvalue weighted by molar-refractivity contribution is -0.122. The summed E-state index contributed by atoms with van der Waals surface area (Å²) in [6.45, 7) is -0.250. The molecule has 0 amide bonds. The minimum absolute atomic E-state index is 0.250. The maximum Gasteiger partial charge on any atom is 0.290 e. The number of carbonyl (C=O) groups is 1. The summed E-state index contributed by atoms with van der Waals surface area (Å²) < 4.78 is 0. The van der Waals surface area contributed by atoms with Crippen LogP contribution in [0.25, 0.3) is 0 Å². The van der Waals surface area contributed by atoms with Gasteiger partial charge in [0.2, 0.25) is 0 Å². The minimum Gasteiger partial charge on any atom is -0.483 e. The molecule has 0 spiro atoms. The van der Waals surface area contributed by atoms with E-state index in [2.05, 4.69) is 4.98 Å². The molecule has 0 radical (unpaired) electrons. The first-order valence-electron chi connectivity index (χ1n) is 2.54. The van der Waals surface area contributed by atoms with E-state index in [1.54, 1.807) is 24.5 Å². The molecule has 0 saturated carbocycles. The number of nitrogens with two attached hydrogens (primary N) is 1. The van der Waals surface area contributed by atoms with E-state index in [0.717, 1.165) is 5.69 Å². The fourth-order valence-corrected chi connectivity index (χ4v) is 0.363. The Labute approximate surface area is 58.3 Å². The van der Waals surface area contributed by atoms with E-state index in [1.807, 2.05) is 0 Å². The summed E-state index contributed by atoms with van der Waals surface area (Å²) in [5, 5.41) is 6.89. The largest absolute Gasteiger partial charge is 0.483 e. The molecule has 10 heavy (non-hydrogen) atoms. The van der Waals surface area contributed by atoms with Gasteiger partial charge in [0.05, 0.1) is 0 Å². The van der Waals surface area contributed by atoms with Crippen LogP contribution in [0.5, 0.6) is 0 Å². The van der Waals surface area contributed by atoms with Gasteiger partial charge in [0, 0.05) is 18.1 Å². The van der Waals surface area contributed by atoms with Gasteiger partial charge >= 0.3 is 0 Å². The molecule has 1 rings (SSSR count). The first-order chi connectivity index (χ1) is 4.81. The number of hydrogen-bond acceptors (Lipinski definition) is 3. The average molecular weight is 140 g/mol. The molecule has 54 valence electrons. The van der Waals surface area contributed by atoms with Gasteiger partial charge in [0.15, 0.2) is 0 Å². The molecule has 0 atom stereocenters. The quantitative estimate of drug-likeness (QED) is 0.510. The minimum atomic E-state index is -0.250. The average Bonchev–Trinajstić information content (AvgIpc) is 1.91. The smallest absolute Gasteiger partial charge is 0.290 e. The van der Waals surface area contributed by atoms with Crippen LogP contribution in [-0.4, -0.2) is 16.6 Å². The van der Waals surface area contributed by atoms with Crippen molar-refractivity contribution in [3.8, 4) is 0 Å². The predicted molar refractivity (Wildman–Crippen MR) is 37.3 cm³/mol. The van der Waals surface area contributed by atoms with Crippen molar-refractivity contribution in [1.29, 1.82) is 0 Å². The van der Waals surface area contributed by atoms with Crippen molar-refractivity contribution in [3.63, 3.8) is 0 Å². The van der Waals surface area contributed by atoms with Crippen molar-refractivity contribution in [3.05, 3.63) is 24.5 Å². The van der Waals surface area contributed by atoms with Crippen LogP contribution in [-0.2, 0) is 4.79 Å². The van der Waals surface area contributed by atoms with Gasteiger partial charge in [-0.05, 0) is 12.1 Å². The van der Waals surface area contributed by atoms with E-state index in [-0.39, 0.29) is 6.47 Å². The SMILES string of the molecule is Nc1ccncc1.O=CO. The summed E-state index contributed by atoms with van der Waals surface area (Å²) in [4.78, 5) is 12.1. The molecule has 0 saturated heterocycles. The maximum absolute atomic E-state index is 8.36. The third kappa shape index (κ3) is 4.58. The van der Waals surface area contributed by atoms with Gasteiger partial charge in [-0.1, -0.05) is 0 Å². The van der Waals surface area contributed by atoms with Crippen LogP contribution < -0.4 is 5.73 Å². The molecular weight excluding hydrogens is 132 g/mol.